The number of para-hydroxylation sites is 1. The van der Waals surface area contributed by atoms with Gasteiger partial charge in [-0.1, -0.05) is 0 Å². The summed E-state index contributed by atoms with van der Waals surface area (Å²) in [6.07, 6.45) is 0. The predicted molar refractivity (Wildman–Crippen MR) is 104 cm³/mol. The van der Waals surface area contributed by atoms with E-state index in [-0.39, 0.29) is 15.0 Å². The van der Waals surface area contributed by atoms with Crippen LogP contribution in [0.3, 0.4) is 0 Å². The van der Waals surface area contributed by atoms with E-state index in [1.807, 2.05) is 24.3 Å². The summed E-state index contributed by atoms with van der Waals surface area (Å²) in [5, 5.41) is 0.894. The molecule has 0 atom stereocenters. The number of rotatable bonds is 7. The van der Waals surface area contributed by atoms with Crippen LogP contribution in [0.1, 0.15) is 11.1 Å². The van der Waals surface area contributed by atoms with E-state index in [4.69, 9.17) is 9.47 Å². The summed E-state index contributed by atoms with van der Waals surface area (Å²) in [7, 11) is 3.53. The molecule has 0 bridgehead atoms. The van der Waals surface area contributed by atoms with Gasteiger partial charge in [0.05, 0.1) is 0 Å². The van der Waals surface area contributed by atoms with Gasteiger partial charge >= 0.3 is 156 Å². The first kappa shape index (κ1) is 17.8. The molecule has 0 aliphatic carbocycles. The third-order valence-electron chi connectivity index (χ3n) is 4.33. The molecule has 3 aromatic carbocycles. The normalized spacial score (nSPS) is 11.3. The predicted octanol–water partition coefficient (Wildman–Crippen LogP) is 4.03. The summed E-state index contributed by atoms with van der Waals surface area (Å²) >= 11 is 0.203. The Morgan fingerprint density at radius 3 is 1.76 bits per heavy atom. The van der Waals surface area contributed by atoms with Gasteiger partial charge in [0.1, 0.15) is 0 Å². The summed E-state index contributed by atoms with van der Waals surface area (Å²) in [5.74, 6) is 0.952. The SMILES string of the molecule is COc1ccccc1[Se]CC(OC)(c1ccccc1)c1ccccc1. The van der Waals surface area contributed by atoms with Crippen molar-refractivity contribution in [2.24, 2.45) is 0 Å². The van der Waals surface area contributed by atoms with Gasteiger partial charge < -0.3 is 0 Å². The fourth-order valence-electron chi connectivity index (χ4n) is 2.96. The quantitative estimate of drug-likeness (QED) is 0.561. The first-order chi connectivity index (χ1) is 12.3. The second-order valence-corrected chi connectivity index (χ2v) is 7.84. The molecular weight excluding hydrogens is 375 g/mol. The van der Waals surface area contributed by atoms with E-state index in [0.717, 1.165) is 11.1 Å². The topological polar surface area (TPSA) is 18.5 Å². The van der Waals surface area contributed by atoms with Crippen LogP contribution in [-0.2, 0) is 10.3 Å². The standard InChI is InChI=1S/C22H22O2Se/c1-23-20-15-9-10-16-21(20)25-17-22(24-2,18-11-5-3-6-12-18)19-13-7-4-8-14-19/h3-16H,17H2,1-2H3. The zero-order chi connectivity index (χ0) is 17.5. The van der Waals surface area contributed by atoms with Gasteiger partial charge in [-0.25, -0.2) is 0 Å². The Morgan fingerprint density at radius 1 is 0.720 bits per heavy atom. The first-order valence-corrected chi connectivity index (χ1v) is 10.3. The molecule has 0 fully saturated rings. The van der Waals surface area contributed by atoms with Gasteiger partial charge in [0.15, 0.2) is 0 Å². The summed E-state index contributed by atoms with van der Waals surface area (Å²) in [6, 6.07) is 29.2. The van der Waals surface area contributed by atoms with Crippen LogP contribution in [0.4, 0.5) is 0 Å². The van der Waals surface area contributed by atoms with Crippen molar-refractivity contribution in [2.45, 2.75) is 10.9 Å². The van der Waals surface area contributed by atoms with Gasteiger partial charge in [-0.3, -0.25) is 0 Å². The Labute approximate surface area is 156 Å². The Hall–Kier alpha value is -2.06. The van der Waals surface area contributed by atoms with E-state index in [0.29, 0.717) is 0 Å². The summed E-state index contributed by atoms with van der Waals surface area (Å²) in [4.78, 5) is 0. The van der Waals surface area contributed by atoms with Crippen molar-refractivity contribution in [3.8, 4) is 5.75 Å². The van der Waals surface area contributed by atoms with E-state index in [1.165, 1.54) is 15.6 Å². The van der Waals surface area contributed by atoms with Crippen LogP contribution >= 0.6 is 0 Å². The van der Waals surface area contributed by atoms with Crippen LogP contribution in [0, 0.1) is 0 Å². The average Bonchev–Trinajstić information content (AvgIpc) is 2.71. The zero-order valence-corrected chi connectivity index (χ0v) is 16.2. The van der Waals surface area contributed by atoms with E-state index >= 15 is 0 Å². The van der Waals surface area contributed by atoms with Gasteiger partial charge in [0, 0.05) is 0 Å². The maximum absolute atomic E-state index is 6.18. The van der Waals surface area contributed by atoms with Crippen LogP contribution < -0.4 is 9.20 Å². The molecule has 128 valence electrons. The fourth-order valence-corrected chi connectivity index (χ4v) is 5.64. The summed E-state index contributed by atoms with van der Waals surface area (Å²) in [6.45, 7) is 0. The molecule has 0 saturated heterocycles. The number of methoxy groups -OCH3 is 2. The Bertz CT molecular complexity index is 748. The molecule has 0 amide bonds. The molecule has 3 aromatic rings. The monoisotopic (exact) mass is 398 g/mol. The van der Waals surface area contributed by atoms with E-state index in [9.17, 15) is 0 Å². The van der Waals surface area contributed by atoms with Crippen LogP contribution in [-0.4, -0.2) is 29.2 Å². The van der Waals surface area contributed by atoms with Crippen molar-refractivity contribution in [2.75, 3.05) is 14.2 Å². The molecule has 25 heavy (non-hydrogen) atoms. The van der Waals surface area contributed by atoms with Crippen molar-refractivity contribution in [1.82, 2.24) is 0 Å². The van der Waals surface area contributed by atoms with Crippen molar-refractivity contribution in [1.29, 1.82) is 0 Å². The van der Waals surface area contributed by atoms with E-state index in [1.54, 1.807) is 14.2 Å². The summed E-state index contributed by atoms with van der Waals surface area (Å²) in [5.41, 5.74) is 1.91. The van der Waals surface area contributed by atoms with E-state index < -0.39 is 5.60 Å². The van der Waals surface area contributed by atoms with Crippen molar-refractivity contribution in [3.63, 3.8) is 0 Å². The van der Waals surface area contributed by atoms with E-state index in [2.05, 4.69) is 60.7 Å². The average molecular weight is 397 g/mol. The van der Waals surface area contributed by atoms with Crippen molar-refractivity contribution < 1.29 is 9.47 Å². The molecule has 0 N–H and O–H groups in total. The van der Waals surface area contributed by atoms with Crippen LogP contribution in [0.15, 0.2) is 84.9 Å². The third kappa shape index (κ3) is 3.80. The zero-order valence-electron chi connectivity index (χ0n) is 14.5. The van der Waals surface area contributed by atoms with Gasteiger partial charge in [-0.05, 0) is 0 Å². The number of hydrogen-bond donors (Lipinski definition) is 0. The molecule has 0 aliphatic rings. The fraction of sp³-hybridized carbons (Fsp3) is 0.182. The van der Waals surface area contributed by atoms with Gasteiger partial charge in [0.2, 0.25) is 0 Å². The van der Waals surface area contributed by atoms with Crippen LogP contribution in [0.2, 0.25) is 5.32 Å². The minimum absolute atomic E-state index is 0.203. The Morgan fingerprint density at radius 2 is 1.24 bits per heavy atom. The number of benzene rings is 3. The molecule has 3 rings (SSSR count). The Balaban J connectivity index is 2.00. The molecule has 0 aromatic heterocycles. The second-order valence-electron chi connectivity index (χ2n) is 5.70. The van der Waals surface area contributed by atoms with Crippen LogP contribution in [0.25, 0.3) is 0 Å². The van der Waals surface area contributed by atoms with Crippen molar-refractivity contribution >= 4 is 19.4 Å². The van der Waals surface area contributed by atoms with Gasteiger partial charge in [-0.15, -0.1) is 0 Å². The van der Waals surface area contributed by atoms with Crippen LogP contribution in [0.5, 0.6) is 5.75 Å². The molecular formula is C22H22O2Se. The van der Waals surface area contributed by atoms with Crippen molar-refractivity contribution in [3.05, 3.63) is 96.1 Å². The maximum atomic E-state index is 6.18. The molecule has 0 heterocycles. The first-order valence-electron chi connectivity index (χ1n) is 8.22. The molecule has 3 heteroatoms. The molecule has 0 unspecified atom stereocenters. The van der Waals surface area contributed by atoms with Gasteiger partial charge in [0.25, 0.3) is 0 Å². The van der Waals surface area contributed by atoms with Gasteiger partial charge in [-0.2, -0.15) is 0 Å². The Kier molecular flexibility index (Phi) is 5.93. The minimum atomic E-state index is -0.455. The molecule has 0 radical (unpaired) electrons. The third-order valence-corrected chi connectivity index (χ3v) is 6.84. The second kappa shape index (κ2) is 8.35. The number of hydrogen-bond acceptors (Lipinski definition) is 2. The molecule has 0 spiro atoms. The molecule has 0 saturated carbocycles. The molecule has 0 aliphatic heterocycles. The summed E-state index contributed by atoms with van der Waals surface area (Å²) < 4.78 is 13.0. The number of ether oxygens (including phenoxy) is 2. The molecule has 2 nitrogen and oxygen atoms in total.